The minimum atomic E-state index is -0.00645. The molecule has 1 aliphatic heterocycles. The van der Waals surface area contributed by atoms with Gasteiger partial charge < -0.3 is 10.2 Å². The molecule has 1 unspecified atom stereocenters. The quantitative estimate of drug-likeness (QED) is 0.810. The summed E-state index contributed by atoms with van der Waals surface area (Å²) in [5.41, 5.74) is -0.00645. The van der Waals surface area contributed by atoms with Crippen molar-refractivity contribution < 1.29 is 4.79 Å². The van der Waals surface area contributed by atoms with Gasteiger partial charge in [-0.25, -0.2) is 0 Å². The summed E-state index contributed by atoms with van der Waals surface area (Å²) in [6.07, 6.45) is 11.0. The number of amides is 1. The van der Waals surface area contributed by atoms with Gasteiger partial charge in [0.25, 0.3) is 0 Å². The highest BCUT2D eigenvalue weighted by molar-refractivity contribution is 5.83. The minimum absolute atomic E-state index is 0.00645. The second-order valence-corrected chi connectivity index (χ2v) is 7.29. The lowest BCUT2D eigenvalue weighted by Crippen LogP contribution is -2.48. The van der Waals surface area contributed by atoms with Crippen molar-refractivity contribution in [2.24, 2.45) is 11.3 Å². The number of carbonyl (C=O) groups is 1. The Labute approximate surface area is 123 Å². The Balaban J connectivity index is 1.67. The molecule has 2 aliphatic carbocycles. The van der Waals surface area contributed by atoms with Crippen molar-refractivity contribution in [1.29, 1.82) is 0 Å². The van der Waals surface area contributed by atoms with Crippen LogP contribution < -0.4 is 5.32 Å². The molecular formula is C17H30N2O. The van der Waals surface area contributed by atoms with Gasteiger partial charge in [-0.05, 0) is 57.4 Å². The maximum atomic E-state index is 13.1. The van der Waals surface area contributed by atoms with E-state index >= 15 is 0 Å². The zero-order valence-corrected chi connectivity index (χ0v) is 13.0. The Bertz CT molecular complexity index is 339. The van der Waals surface area contributed by atoms with Crippen molar-refractivity contribution in [2.45, 2.75) is 70.8 Å². The van der Waals surface area contributed by atoms with Crippen LogP contribution in [0.15, 0.2) is 0 Å². The van der Waals surface area contributed by atoms with E-state index in [0.717, 1.165) is 44.8 Å². The standard InChI is InChI=1S/C17H30N2O/c1-2-17(9-3-4-10-17)16(20)19(12-14-7-8-14)13-15-6-5-11-18-15/h14-15,18H,2-13H2,1H3. The highest BCUT2D eigenvalue weighted by atomic mass is 16.2. The number of carbonyl (C=O) groups excluding carboxylic acids is 1. The Hall–Kier alpha value is -0.570. The summed E-state index contributed by atoms with van der Waals surface area (Å²) in [6, 6.07) is 0.549. The summed E-state index contributed by atoms with van der Waals surface area (Å²) in [4.78, 5) is 15.4. The molecule has 3 nitrogen and oxygen atoms in total. The number of hydrogen-bond donors (Lipinski definition) is 1. The van der Waals surface area contributed by atoms with Crippen LogP contribution in [0.1, 0.15) is 64.7 Å². The van der Waals surface area contributed by atoms with E-state index < -0.39 is 0 Å². The number of nitrogens with zero attached hydrogens (tertiary/aromatic N) is 1. The van der Waals surface area contributed by atoms with Crippen LogP contribution in [-0.2, 0) is 4.79 Å². The van der Waals surface area contributed by atoms with E-state index in [1.807, 2.05) is 0 Å². The van der Waals surface area contributed by atoms with Crippen molar-refractivity contribution in [3.63, 3.8) is 0 Å². The van der Waals surface area contributed by atoms with Gasteiger partial charge in [0.2, 0.25) is 5.91 Å². The van der Waals surface area contributed by atoms with E-state index in [2.05, 4.69) is 17.1 Å². The Kier molecular flexibility index (Phi) is 4.34. The molecule has 1 N–H and O–H groups in total. The van der Waals surface area contributed by atoms with Gasteiger partial charge in [-0.3, -0.25) is 4.79 Å². The van der Waals surface area contributed by atoms with Crippen LogP contribution in [0.2, 0.25) is 0 Å². The molecule has 1 heterocycles. The summed E-state index contributed by atoms with van der Waals surface area (Å²) >= 11 is 0. The predicted molar refractivity (Wildman–Crippen MR) is 81.5 cm³/mol. The minimum Gasteiger partial charge on any atom is -0.340 e. The van der Waals surface area contributed by atoms with Crippen LogP contribution in [0.5, 0.6) is 0 Å². The molecule has 3 heteroatoms. The Morgan fingerprint density at radius 2 is 1.90 bits per heavy atom. The fourth-order valence-electron chi connectivity index (χ4n) is 4.14. The summed E-state index contributed by atoms with van der Waals surface area (Å²) in [7, 11) is 0. The lowest BCUT2D eigenvalue weighted by Gasteiger charge is -2.35. The maximum Gasteiger partial charge on any atom is 0.228 e. The van der Waals surface area contributed by atoms with E-state index in [-0.39, 0.29) is 5.41 Å². The molecule has 0 aromatic rings. The second kappa shape index (κ2) is 6.05. The third-order valence-corrected chi connectivity index (χ3v) is 5.76. The van der Waals surface area contributed by atoms with Crippen molar-refractivity contribution in [3.05, 3.63) is 0 Å². The third kappa shape index (κ3) is 3.03. The largest absolute Gasteiger partial charge is 0.340 e. The Morgan fingerprint density at radius 3 is 2.45 bits per heavy atom. The molecule has 1 amide bonds. The first kappa shape index (κ1) is 14.4. The van der Waals surface area contributed by atoms with Crippen LogP contribution in [0.3, 0.4) is 0 Å². The number of hydrogen-bond acceptors (Lipinski definition) is 2. The van der Waals surface area contributed by atoms with Crippen LogP contribution in [0, 0.1) is 11.3 Å². The zero-order chi connectivity index (χ0) is 14.0. The van der Waals surface area contributed by atoms with Gasteiger partial charge in [0.15, 0.2) is 0 Å². The third-order valence-electron chi connectivity index (χ3n) is 5.76. The number of rotatable bonds is 6. The van der Waals surface area contributed by atoms with Gasteiger partial charge in [0.1, 0.15) is 0 Å². The van der Waals surface area contributed by atoms with E-state index in [0.29, 0.717) is 11.9 Å². The molecule has 0 aromatic heterocycles. The van der Waals surface area contributed by atoms with E-state index in [1.54, 1.807) is 0 Å². The molecule has 0 spiro atoms. The SMILES string of the molecule is CCC1(C(=O)N(CC2CC2)CC2CCCN2)CCCC1. The van der Waals surface area contributed by atoms with Crippen LogP contribution >= 0.6 is 0 Å². The van der Waals surface area contributed by atoms with Gasteiger partial charge in [-0.15, -0.1) is 0 Å². The predicted octanol–water partition coefficient (Wildman–Crippen LogP) is 2.95. The van der Waals surface area contributed by atoms with Crippen molar-refractivity contribution >= 4 is 5.91 Å². The smallest absolute Gasteiger partial charge is 0.228 e. The number of nitrogens with one attached hydrogen (secondary N) is 1. The van der Waals surface area contributed by atoms with Crippen molar-refractivity contribution in [1.82, 2.24) is 10.2 Å². The second-order valence-electron chi connectivity index (χ2n) is 7.29. The molecule has 0 bridgehead atoms. The van der Waals surface area contributed by atoms with E-state index in [9.17, 15) is 4.79 Å². The van der Waals surface area contributed by atoms with Crippen LogP contribution in [0.4, 0.5) is 0 Å². The average molecular weight is 278 g/mol. The summed E-state index contributed by atoms with van der Waals surface area (Å²) in [6.45, 7) is 5.33. The summed E-state index contributed by atoms with van der Waals surface area (Å²) < 4.78 is 0. The average Bonchev–Trinajstić information content (AvgIpc) is 2.96. The van der Waals surface area contributed by atoms with Gasteiger partial charge >= 0.3 is 0 Å². The summed E-state index contributed by atoms with van der Waals surface area (Å²) in [5.74, 6) is 1.29. The lowest BCUT2D eigenvalue weighted by atomic mass is 9.81. The lowest BCUT2D eigenvalue weighted by molar-refractivity contribution is -0.142. The first-order chi connectivity index (χ1) is 9.73. The van der Waals surface area contributed by atoms with Crippen molar-refractivity contribution in [3.8, 4) is 0 Å². The molecule has 2 saturated carbocycles. The molecule has 3 rings (SSSR count). The van der Waals surface area contributed by atoms with Crippen LogP contribution in [-0.4, -0.2) is 36.5 Å². The molecule has 0 radical (unpaired) electrons. The molecule has 3 fully saturated rings. The first-order valence-electron chi connectivity index (χ1n) is 8.76. The van der Waals surface area contributed by atoms with Gasteiger partial charge in [-0.1, -0.05) is 19.8 Å². The van der Waals surface area contributed by atoms with Gasteiger partial charge in [-0.2, -0.15) is 0 Å². The molecule has 1 atom stereocenters. The molecule has 1 saturated heterocycles. The molecule has 3 aliphatic rings. The Morgan fingerprint density at radius 1 is 1.15 bits per heavy atom. The monoisotopic (exact) mass is 278 g/mol. The van der Waals surface area contributed by atoms with E-state index in [4.69, 9.17) is 0 Å². The summed E-state index contributed by atoms with van der Waals surface area (Å²) in [5, 5.41) is 3.56. The van der Waals surface area contributed by atoms with Gasteiger partial charge in [0.05, 0.1) is 0 Å². The first-order valence-corrected chi connectivity index (χ1v) is 8.76. The molecule has 0 aromatic carbocycles. The van der Waals surface area contributed by atoms with Gasteiger partial charge in [0, 0.05) is 24.5 Å². The molecule has 114 valence electrons. The fraction of sp³-hybridized carbons (Fsp3) is 0.941. The zero-order valence-electron chi connectivity index (χ0n) is 13.0. The maximum absolute atomic E-state index is 13.1. The molecular weight excluding hydrogens is 248 g/mol. The van der Waals surface area contributed by atoms with Crippen molar-refractivity contribution in [2.75, 3.05) is 19.6 Å². The van der Waals surface area contributed by atoms with Crippen LogP contribution in [0.25, 0.3) is 0 Å². The topological polar surface area (TPSA) is 32.3 Å². The fourth-order valence-corrected chi connectivity index (χ4v) is 4.14. The highest BCUT2D eigenvalue weighted by Crippen LogP contribution is 2.43. The highest BCUT2D eigenvalue weighted by Gasteiger charge is 2.43. The molecule has 20 heavy (non-hydrogen) atoms. The normalized spacial score (nSPS) is 28.8. The van der Waals surface area contributed by atoms with E-state index in [1.165, 1.54) is 38.5 Å².